The molecule has 0 aromatic heterocycles. The fourth-order valence-electron chi connectivity index (χ4n) is 0.664. The summed E-state index contributed by atoms with van der Waals surface area (Å²) >= 11 is 0. The third-order valence-corrected chi connectivity index (χ3v) is 1.07. The first-order valence-corrected chi connectivity index (χ1v) is 2.65. The average molecular weight is 115 g/mol. The molecule has 1 N–H and O–H groups in total. The molecule has 0 aromatic carbocycles. The van der Waals surface area contributed by atoms with E-state index in [0.29, 0.717) is 0 Å². The van der Waals surface area contributed by atoms with Gasteiger partial charge in [-0.2, -0.15) is 0 Å². The average Bonchev–Trinajstić information content (AvgIpc) is 2.14. The second-order valence-corrected chi connectivity index (χ2v) is 1.94. The number of aliphatic hydroxyl groups excluding tert-OH is 1. The maximum atomic E-state index is 8.47. The molecule has 0 aromatic rings. The van der Waals surface area contributed by atoms with Crippen LogP contribution in [0.4, 0.5) is 0 Å². The summed E-state index contributed by atoms with van der Waals surface area (Å²) in [5.74, 6) is 0. The predicted molar refractivity (Wildman–Crippen MR) is 29.7 cm³/mol. The van der Waals surface area contributed by atoms with Gasteiger partial charge in [0.05, 0.1) is 12.3 Å². The van der Waals surface area contributed by atoms with Crippen LogP contribution in [0.25, 0.3) is 0 Å². The smallest absolute Gasteiger partial charge is 0.130 e. The summed E-state index contributed by atoms with van der Waals surface area (Å²) in [4.78, 5) is 4.78. The minimum atomic E-state index is 0.0321. The normalized spacial score (nSPS) is 27.2. The zero-order valence-electron chi connectivity index (χ0n) is 4.79. The molecule has 0 spiro atoms. The molecule has 0 amide bonds. The molecule has 0 aliphatic carbocycles. The highest BCUT2D eigenvalue weighted by atomic mass is 16.6. The van der Waals surface area contributed by atoms with E-state index >= 15 is 0 Å². The van der Waals surface area contributed by atoms with Crippen molar-refractivity contribution in [3.8, 4) is 0 Å². The first kappa shape index (κ1) is 5.56. The van der Waals surface area contributed by atoms with Crippen molar-refractivity contribution in [2.24, 2.45) is 5.16 Å². The highest BCUT2D eigenvalue weighted by Crippen LogP contribution is 2.07. The quantitative estimate of drug-likeness (QED) is 0.528. The van der Waals surface area contributed by atoms with Crippen LogP contribution in [-0.2, 0) is 4.84 Å². The SMILES string of the molecule is CC1CC(CO)=NO1. The third kappa shape index (κ3) is 0.980. The van der Waals surface area contributed by atoms with Gasteiger partial charge in [0.15, 0.2) is 0 Å². The van der Waals surface area contributed by atoms with Crippen molar-refractivity contribution in [3.05, 3.63) is 0 Å². The largest absolute Gasteiger partial charge is 0.392 e. The molecule has 0 radical (unpaired) electrons. The van der Waals surface area contributed by atoms with E-state index in [2.05, 4.69) is 5.16 Å². The number of hydrogen-bond donors (Lipinski definition) is 1. The van der Waals surface area contributed by atoms with Crippen molar-refractivity contribution in [2.45, 2.75) is 19.4 Å². The number of oxime groups is 1. The van der Waals surface area contributed by atoms with Gasteiger partial charge in [-0.15, -0.1) is 0 Å². The van der Waals surface area contributed by atoms with Crippen molar-refractivity contribution >= 4 is 5.71 Å². The number of aliphatic hydroxyl groups is 1. The Morgan fingerprint density at radius 3 is 3.00 bits per heavy atom. The predicted octanol–water partition coefficient (Wildman–Crippen LogP) is 0.144. The Balaban J connectivity index is 2.37. The molecule has 1 aliphatic rings. The lowest BCUT2D eigenvalue weighted by Gasteiger charge is -1.94. The lowest BCUT2D eigenvalue weighted by molar-refractivity contribution is 0.0994. The van der Waals surface area contributed by atoms with Gasteiger partial charge in [-0.05, 0) is 6.92 Å². The van der Waals surface area contributed by atoms with Crippen molar-refractivity contribution in [1.29, 1.82) is 0 Å². The number of hydrogen-bond acceptors (Lipinski definition) is 3. The number of nitrogens with zero attached hydrogens (tertiary/aromatic N) is 1. The van der Waals surface area contributed by atoms with Gasteiger partial charge in [0, 0.05) is 6.42 Å². The fourth-order valence-corrected chi connectivity index (χ4v) is 0.664. The molecule has 1 aliphatic heterocycles. The second-order valence-electron chi connectivity index (χ2n) is 1.94. The third-order valence-electron chi connectivity index (χ3n) is 1.07. The van der Waals surface area contributed by atoms with Crippen molar-refractivity contribution in [2.75, 3.05) is 6.61 Å². The summed E-state index contributed by atoms with van der Waals surface area (Å²) in [6.07, 6.45) is 0.938. The molecule has 0 saturated carbocycles. The molecule has 0 bridgehead atoms. The van der Waals surface area contributed by atoms with Crippen LogP contribution >= 0.6 is 0 Å². The van der Waals surface area contributed by atoms with Gasteiger partial charge in [-0.3, -0.25) is 0 Å². The van der Waals surface area contributed by atoms with Crippen LogP contribution in [0, 0.1) is 0 Å². The Bertz CT molecular complexity index is 111. The topological polar surface area (TPSA) is 41.8 Å². The van der Waals surface area contributed by atoms with E-state index < -0.39 is 0 Å². The highest BCUT2D eigenvalue weighted by molar-refractivity contribution is 5.86. The molecular weight excluding hydrogens is 106 g/mol. The molecule has 1 atom stereocenters. The molecule has 3 nitrogen and oxygen atoms in total. The van der Waals surface area contributed by atoms with E-state index in [0.717, 1.165) is 12.1 Å². The lowest BCUT2D eigenvalue weighted by atomic mass is 10.2. The summed E-state index contributed by atoms with van der Waals surface area (Å²) in [7, 11) is 0. The van der Waals surface area contributed by atoms with Gasteiger partial charge >= 0.3 is 0 Å². The number of rotatable bonds is 1. The van der Waals surface area contributed by atoms with E-state index in [-0.39, 0.29) is 12.7 Å². The molecule has 1 unspecified atom stereocenters. The zero-order chi connectivity index (χ0) is 5.98. The van der Waals surface area contributed by atoms with Crippen LogP contribution in [0.1, 0.15) is 13.3 Å². The van der Waals surface area contributed by atoms with Gasteiger partial charge in [0.2, 0.25) is 0 Å². The molecule has 1 rings (SSSR count). The van der Waals surface area contributed by atoms with Crippen LogP contribution in [0.2, 0.25) is 0 Å². The van der Waals surface area contributed by atoms with E-state index in [9.17, 15) is 0 Å². The summed E-state index contributed by atoms with van der Waals surface area (Å²) in [5.41, 5.74) is 0.748. The first-order chi connectivity index (χ1) is 3.83. The van der Waals surface area contributed by atoms with Crippen LogP contribution in [0.15, 0.2) is 5.16 Å². The highest BCUT2D eigenvalue weighted by Gasteiger charge is 2.13. The van der Waals surface area contributed by atoms with E-state index in [4.69, 9.17) is 9.94 Å². The minimum absolute atomic E-state index is 0.0321. The standard InChI is InChI=1S/C5H9NO2/c1-4-2-5(3-7)6-8-4/h4,7H,2-3H2,1H3. The van der Waals surface area contributed by atoms with Crippen LogP contribution in [0.5, 0.6) is 0 Å². The fraction of sp³-hybridized carbons (Fsp3) is 0.800. The maximum Gasteiger partial charge on any atom is 0.130 e. The van der Waals surface area contributed by atoms with Crippen LogP contribution < -0.4 is 0 Å². The Kier molecular flexibility index (Phi) is 1.48. The Morgan fingerprint density at radius 1 is 2.00 bits per heavy atom. The summed E-state index contributed by atoms with van der Waals surface area (Å²) in [6.45, 7) is 1.95. The molecule has 0 saturated heterocycles. The molecule has 8 heavy (non-hydrogen) atoms. The molecule has 1 heterocycles. The Morgan fingerprint density at radius 2 is 2.75 bits per heavy atom. The lowest BCUT2D eigenvalue weighted by Crippen LogP contribution is -2.04. The van der Waals surface area contributed by atoms with Gasteiger partial charge < -0.3 is 9.94 Å². The van der Waals surface area contributed by atoms with E-state index in [1.54, 1.807) is 0 Å². The molecular formula is C5H9NO2. The van der Waals surface area contributed by atoms with Crippen molar-refractivity contribution in [1.82, 2.24) is 0 Å². The zero-order valence-corrected chi connectivity index (χ0v) is 4.79. The summed E-state index contributed by atoms with van der Waals surface area (Å²) < 4.78 is 0. The van der Waals surface area contributed by atoms with Crippen LogP contribution in [-0.4, -0.2) is 23.5 Å². The van der Waals surface area contributed by atoms with Crippen molar-refractivity contribution < 1.29 is 9.94 Å². The Hall–Kier alpha value is -0.570. The summed E-state index contributed by atoms with van der Waals surface area (Å²) in [6, 6.07) is 0. The van der Waals surface area contributed by atoms with Gasteiger partial charge in [-0.1, -0.05) is 5.16 Å². The Labute approximate surface area is 48.0 Å². The molecule has 0 fully saturated rings. The minimum Gasteiger partial charge on any atom is -0.392 e. The van der Waals surface area contributed by atoms with Gasteiger partial charge in [0.1, 0.15) is 6.10 Å². The van der Waals surface area contributed by atoms with Gasteiger partial charge in [-0.25, -0.2) is 0 Å². The second kappa shape index (κ2) is 2.13. The van der Waals surface area contributed by atoms with Gasteiger partial charge in [0.25, 0.3) is 0 Å². The molecule has 3 heteroatoms. The van der Waals surface area contributed by atoms with E-state index in [1.165, 1.54) is 0 Å². The van der Waals surface area contributed by atoms with Crippen molar-refractivity contribution in [3.63, 3.8) is 0 Å². The van der Waals surface area contributed by atoms with Crippen LogP contribution in [0.3, 0.4) is 0 Å². The molecule has 46 valence electrons. The first-order valence-electron chi connectivity index (χ1n) is 2.65. The van der Waals surface area contributed by atoms with E-state index in [1.807, 2.05) is 6.92 Å². The summed E-state index contributed by atoms with van der Waals surface area (Å²) in [5, 5.41) is 12.1. The monoisotopic (exact) mass is 115 g/mol. The maximum absolute atomic E-state index is 8.47.